The highest BCUT2D eigenvalue weighted by Crippen LogP contribution is 2.29. The first kappa shape index (κ1) is 12.3. The molecule has 3 fully saturated rings. The molecule has 0 radical (unpaired) electrons. The van der Waals surface area contributed by atoms with Crippen LogP contribution >= 0.6 is 0 Å². The molecule has 1 saturated heterocycles. The second-order valence-electron chi connectivity index (χ2n) is 5.95. The Kier molecular flexibility index (Phi) is 3.73. The van der Waals surface area contributed by atoms with E-state index >= 15 is 0 Å². The van der Waals surface area contributed by atoms with Crippen LogP contribution in [0.3, 0.4) is 0 Å². The molecule has 1 aliphatic heterocycles. The minimum atomic E-state index is 0.600. The summed E-state index contributed by atoms with van der Waals surface area (Å²) < 4.78 is 0. The average Bonchev–Trinajstić information content (AvgIpc) is 3.05. The molecule has 0 spiro atoms. The van der Waals surface area contributed by atoms with Gasteiger partial charge in [-0.2, -0.15) is 0 Å². The first-order valence-electron chi connectivity index (χ1n) is 7.66. The van der Waals surface area contributed by atoms with Gasteiger partial charge in [-0.1, -0.05) is 0 Å². The van der Waals surface area contributed by atoms with Crippen LogP contribution in [0.15, 0.2) is 4.99 Å². The van der Waals surface area contributed by atoms with Crippen molar-refractivity contribution in [2.45, 2.75) is 63.6 Å². The molecule has 4 nitrogen and oxygen atoms in total. The SMILES string of the molecule is CCN=C(NC1CCC1)NC1CCN(C2CC2)C1. The lowest BCUT2D eigenvalue weighted by molar-refractivity contribution is 0.320. The fourth-order valence-corrected chi connectivity index (χ4v) is 2.91. The standard InChI is InChI=1S/C14H26N4/c1-2-15-14(16-11-4-3-5-11)17-12-8-9-18(10-12)13-6-7-13/h11-13H,2-10H2,1H3,(H2,15,16,17). The van der Waals surface area contributed by atoms with Crippen LogP contribution < -0.4 is 10.6 Å². The molecular weight excluding hydrogens is 224 g/mol. The van der Waals surface area contributed by atoms with Crippen molar-refractivity contribution in [3.8, 4) is 0 Å². The predicted octanol–water partition coefficient (Wildman–Crippen LogP) is 1.33. The fraction of sp³-hybridized carbons (Fsp3) is 0.929. The zero-order chi connectivity index (χ0) is 12.4. The summed E-state index contributed by atoms with van der Waals surface area (Å²) >= 11 is 0. The van der Waals surface area contributed by atoms with Gasteiger partial charge in [-0.25, -0.2) is 0 Å². The maximum absolute atomic E-state index is 4.57. The van der Waals surface area contributed by atoms with Crippen molar-refractivity contribution in [1.82, 2.24) is 15.5 Å². The molecule has 1 atom stereocenters. The van der Waals surface area contributed by atoms with Gasteiger partial charge in [-0.3, -0.25) is 9.89 Å². The second-order valence-corrected chi connectivity index (χ2v) is 5.95. The quantitative estimate of drug-likeness (QED) is 0.584. The summed E-state index contributed by atoms with van der Waals surface area (Å²) in [7, 11) is 0. The Labute approximate surface area is 110 Å². The summed E-state index contributed by atoms with van der Waals surface area (Å²) in [6.07, 6.45) is 8.10. The van der Waals surface area contributed by atoms with Crippen LogP contribution in [0, 0.1) is 0 Å². The molecule has 3 rings (SSSR count). The Bertz CT molecular complexity index is 307. The summed E-state index contributed by atoms with van der Waals surface area (Å²) in [5, 5.41) is 7.19. The van der Waals surface area contributed by atoms with Crippen LogP contribution in [-0.2, 0) is 0 Å². The topological polar surface area (TPSA) is 39.7 Å². The number of hydrogen-bond donors (Lipinski definition) is 2. The smallest absolute Gasteiger partial charge is 0.191 e. The lowest BCUT2D eigenvalue weighted by Crippen LogP contribution is -2.50. The predicted molar refractivity (Wildman–Crippen MR) is 74.9 cm³/mol. The molecule has 2 N–H and O–H groups in total. The highest BCUT2D eigenvalue weighted by molar-refractivity contribution is 5.80. The number of aliphatic imine (C=N–C) groups is 1. The molecule has 1 heterocycles. The van der Waals surface area contributed by atoms with Crippen LogP contribution in [0.5, 0.6) is 0 Å². The summed E-state index contributed by atoms with van der Waals surface area (Å²) in [6, 6.07) is 2.18. The Balaban J connectivity index is 1.47. The zero-order valence-corrected chi connectivity index (χ0v) is 11.5. The van der Waals surface area contributed by atoms with Crippen molar-refractivity contribution >= 4 is 5.96 Å². The highest BCUT2D eigenvalue weighted by Gasteiger charge is 2.34. The van der Waals surface area contributed by atoms with Gasteiger partial charge in [-0.05, 0) is 45.4 Å². The van der Waals surface area contributed by atoms with Crippen LogP contribution in [0.25, 0.3) is 0 Å². The van der Waals surface area contributed by atoms with Gasteiger partial charge in [0.15, 0.2) is 5.96 Å². The van der Waals surface area contributed by atoms with E-state index in [0.29, 0.717) is 12.1 Å². The molecular formula is C14H26N4. The Morgan fingerprint density at radius 2 is 1.89 bits per heavy atom. The van der Waals surface area contributed by atoms with Gasteiger partial charge in [0, 0.05) is 37.8 Å². The average molecular weight is 250 g/mol. The van der Waals surface area contributed by atoms with Crippen LogP contribution in [0.4, 0.5) is 0 Å². The molecule has 3 aliphatic rings. The van der Waals surface area contributed by atoms with E-state index in [1.54, 1.807) is 0 Å². The Morgan fingerprint density at radius 3 is 2.50 bits per heavy atom. The first-order chi connectivity index (χ1) is 8.85. The summed E-state index contributed by atoms with van der Waals surface area (Å²) in [6.45, 7) is 5.45. The van der Waals surface area contributed by atoms with E-state index in [-0.39, 0.29) is 0 Å². The van der Waals surface area contributed by atoms with Crippen molar-refractivity contribution in [2.24, 2.45) is 4.99 Å². The monoisotopic (exact) mass is 250 g/mol. The normalized spacial score (nSPS) is 30.3. The second kappa shape index (κ2) is 5.47. The minimum absolute atomic E-state index is 0.600. The largest absolute Gasteiger partial charge is 0.354 e. The minimum Gasteiger partial charge on any atom is -0.354 e. The molecule has 0 aromatic carbocycles. The maximum Gasteiger partial charge on any atom is 0.191 e. The van der Waals surface area contributed by atoms with E-state index in [4.69, 9.17) is 0 Å². The van der Waals surface area contributed by atoms with E-state index in [1.807, 2.05) is 0 Å². The molecule has 2 saturated carbocycles. The molecule has 2 aliphatic carbocycles. The van der Waals surface area contributed by atoms with Crippen molar-refractivity contribution in [3.63, 3.8) is 0 Å². The third-order valence-electron chi connectivity index (χ3n) is 4.39. The van der Waals surface area contributed by atoms with E-state index in [0.717, 1.165) is 18.5 Å². The lowest BCUT2D eigenvalue weighted by Gasteiger charge is -2.29. The molecule has 0 amide bonds. The molecule has 4 heteroatoms. The molecule has 0 aromatic rings. The molecule has 0 bridgehead atoms. The van der Waals surface area contributed by atoms with Crippen LogP contribution in [0.2, 0.25) is 0 Å². The number of guanidine groups is 1. The summed E-state index contributed by atoms with van der Waals surface area (Å²) in [4.78, 5) is 7.21. The van der Waals surface area contributed by atoms with Gasteiger partial charge < -0.3 is 10.6 Å². The van der Waals surface area contributed by atoms with E-state index in [2.05, 4.69) is 27.4 Å². The van der Waals surface area contributed by atoms with Gasteiger partial charge in [-0.15, -0.1) is 0 Å². The van der Waals surface area contributed by atoms with Gasteiger partial charge in [0.1, 0.15) is 0 Å². The molecule has 0 aromatic heterocycles. The van der Waals surface area contributed by atoms with E-state index < -0.39 is 0 Å². The van der Waals surface area contributed by atoms with Crippen LogP contribution in [-0.4, -0.2) is 48.6 Å². The number of nitrogens with one attached hydrogen (secondary N) is 2. The van der Waals surface area contributed by atoms with E-state index in [1.165, 1.54) is 51.6 Å². The van der Waals surface area contributed by atoms with Crippen molar-refractivity contribution in [2.75, 3.05) is 19.6 Å². The zero-order valence-electron chi connectivity index (χ0n) is 11.5. The van der Waals surface area contributed by atoms with Gasteiger partial charge in [0.05, 0.1) is 0 Å². The number of rotatable bonds is 4. The lowest BCUT2D eigenvalue weighted by atomic mass is 9.93. The maximum atomic E-state index is 4.57. The molecule has 18 heavy (non-hydrogen) atoms. The third kappa shape index (κ3) is 2.97. The number of nitrogens with zero attached hydrogens (tertiary/aromatic N) is 2. The van der Waals surface area contributed by atoms with Gasteiger partial charge in [0.25, 0.3) is 0 Å². The highest BCUT2D eigenvalue weighted by atomic mass is 15.3. The number of likely N-dealkylation sites (tertiary alicyclic amines) is 1. The molecule has 102 valence electrons. The number of hydrogen-bond acceptors (Lipinski definition) is 2. The Hall–Kier alpha value is -0.770. The van der Waals surface area contributed by atoms with Crippen molar-refractivity contribution in [1.29, 1.82) is 0 Å². The fourth-order valence-electron chi connectivity index (χ4n) is 2.91. The van der Waals surface area contributed by atoms with Crippen molar-refractivity contribution in [3.05, 3.63) is 0 Å². The summed E-state index contributed by atoms with van der Waals surface area (Å²) in [5.74, 6) is 1.05. The van der Waals surface area contributed by atoms with Crippen LogP contribution in [0.1, 0.15) is 45.4 Å². The molecule has 1 unspecified atom stereocenters. The third-order valence-corrected chi connectivity index (χ3v) is 4.39. The van der Waals surface area contributed by atoms with Gasteiger partial charge in [0.2, 0.25) is 0 Å². The Morgan fingerprint density at radius 1 is 1.11 bits per heavy atom. The van der Waals surface area contributed by atoms with Crippen molar-refractivity contribution < 1.29 is 0 Å². The van der Waals surface area contributed by atoms with E-state index in [9.17, 15) is 0 Å². The first-order valence-corrected chi connectivity index (χ1v) is 7.66. The summed E-state index contributed by atoms with van der Waals surface area (Å²) in [5.41, 5.74) is 0. The van der Waals surface area contributed by atoms with Gasteiger partial charge >= 0.3 is 0 Å².